The average Bonchev–Trinajstić information content (AvgIpc) is 3.26. The molecule has 2 aromatic heterocycles. The summed E-state index contributed by atoms with van der Waals surface area (Å²) in [5, 5.41) is 12.5. The van der Waals surface area contributed by atoms with E-state index in [1.54, 1.807) is 35.3 Å². The number of benzene rings is 1. The van der Waals surface area contributed by atoms with Crippen LogP contribution < -0.4 is 26.9 Å². The van der Waals surface area contributed by atoms with Gasteiger partial charge < -0.3 is 16.1 Å². The van der Waals surface area contributed by atoms with E-state index in [9.17, 15) is 4.79 Å². The number of amides is 1. The van der Waals surface area contributed by atoms with E-state index in [2.05, 4.69) is 32.5 Å². The van der Waals surface area contributed by atoms with Crippen molar-refractivity contribution < 1.29 is 4.79 Å². The molecule has 188 valence electrons. The zero-order valence-corrected chi connectivity index (χ0v) is 20.9. The highest BCUT2D eigenvalue weighted by molar-refractivity contribution is 6.30. The molecule has 11 heteroatoms. The number of hydrazone groups is 1. The summed E-state index contributed by atoms with van der Waals surface area (Å²) < 4.78 is 1.75. The SMILES string of the molecule is Cc1nc(N2CC3(CCC3)C2)ccc1Cn1cc(C(=O)NCc2cc(Cl)ccc2N(N)/C=N\N)cn1. The molecule has 0 bridgehead atoms. The Labute approximate surface area is 214 Å². The largest absolute Gasteiger partial charge is 0.355 e. The lowest BCUT2D eigenvalue weighted by molar-refractivity contribution is 0.0896. The Morgan fingerprint density at radius 2 is 2.08 bits per heavy atom. The third-order valence-corrected chi connectivity index (χ3v) is 7.38. The number of hydrazine groups is 1. The van der Waals surface area contributed by atoms with Crippen LogP contribution in [0.5, 0.6) is 0 Å². The summed E-state index contributed by atoms with van der Waals surface area (Å²) in [6.07, 6.45) is 8.63. The topological polar surface area (TPSA) is 131 Å². The zero-order chi connectivity index (χ0) is 25.3. The Kier molecular flexibility index (Phi) is 6.55. The van der Waals surface area contributed by atoms with Gasteiger partial charge in [-0.3, -0.25) is 14.5 Å². The molecule has 36 heavy (non-hydrogen) atoms. The fourth-order valence-corrected chi connectivity index (χ4v) is 5.13. The lowest BCUT2D eigenvalue weighted by atomic mass is 9.63. The minimum absolute atomic E-state index is 0.217. The number of halogens is 1. The van der Waals surface area contributed by atoms with E-state index in [-0.39, 0.29) is 12.5 Å². The van der Waals surface area contributed by atoms with Gasteiger partial charge in [0.25, 0.3) is 5.91 Å². The predicted molar refractivity (Wildman–Crippen MR) is 141 cm³/mol. The number of nitrogens with two attached hydrogens (primary N) is 2. The quantitative estimate of drug-likeness (QED) is 0.185. The van der Waals surface area contributed by atoms with Crippen molar-refractivity contribution >= 4 is 35.4 Å². The van der Waals surface area contributed by atoms with Crippen LogP contribution >= 0.6 is 11.6 Å². The van der Waals surface area contributed by atoms with E-state index in [1.165, 1.54) is 30.6 Å². The van der Waals surface area contributed by atoms with Gasteiger partial charge in [0.05, 0.1) is 24.0 Å². The average molecular weight is 508 g/mol. The van der Waals surface area contributed by atoms with Crippen molar-refractivity contribution in [2.75, 3.05) is 23.0 Å². The lowest BCUT2D eigenvalue weighted by Gasteiger charge is -2.56. The molecule has 1 saturated carbocycles. The second-order valence-electron chi connectivity index (χ2n) is 9.68. The minimum Gasteiger partial charge on any atom is -0.355 e. The van der Waals surface area contributed by atoms with Gasteiger partial charge in [-0.05, 0) is 55.2 Å². The highest BCUT2D eigenvalue weighted by Gasteiger charge is 2.47. The fraction of sp³-hybridized carbons (Fsp3) is 0.360. The van der Waals surface area contributed by atoms with Gasteiger partial charge in [-0.25, -0.2) is 10.8 Å². The van der Waals surface area contributed by atoms with Crippen molar-refractivity contribution in [2.24, 2.45) is 22.2 Å². The Bertz CT molecular complexity index is 1290. The van der Waals surface area contributed by atoms with Crippen molar-refractivity contribution in [3.05, 3.63) is 70.1 Å². The van der Waals surface area contributed by atoms with Crippen LogP contribution in [0.3, 0.4) is 0 Å². The monoisotopic (exact) mass is 507 g/mol. The number of nitrogens with zero attached hydrogens (tertiary/aromatic N) is 6. The molecule has 5 rings (SSSR count). The summed E-state index contributed by atoms with van der Waals surface area (Å²) in [4.78, 5) is 20.0. The molecule has 1 aromatic carbocycles. The molecule has 0 atom stereocenters. The normalized spacial score (nSPS) is 16.1. The Morgan fingerprint density at radius 3 is 2.78 bits per heavy atom. The molecule has 1 spiro atoms. The first-order valence-electron chi connectivity index (χ1n) is 11.9. The zero-order valence-electron chi connectivity index (χ0n) is 20.2. The van der Waals surface area contributed by atoms with E-state index in [0.29, 0.717) is 28.2 Å². The molecule has 5 N–H and O–H groups in total. The van der Waals surface area contributed by atoms with Crippen molar-refractivity contribution in [2.45, 2.75) is 39.3 Å². The number of carbonyl (C=O) groups is 1. The third-order valence-electron chi connectivity index (χ3n) is 7.15. The summed E-state index contributed by atoms with van der Waals surface area (Å²) in [6, 6.07) is 9.36. The number of aryl methyl sites for hydroxylation is 1. The lowest BCUT2D eigenvalue weighted by Crippen LogP contribution is -2.60. The molecule has 0 unspecified atom stereocenters. The van der Waals surface area contributed by atoms with Gasteiger partial charge in [0.15, 0.2) is 0 Å². The van der Waals surface area contributed by atoms with Crippen molar-refractivity contribution in [1.82, 2.24) is 20.1 Å². The fourth-order valence-electron chi connectivity index (χ4n) is 4.94. The standard InChI is InChI=1S/C25H30ClN9O/c1-17-18(3-6-23(32-17)33-14-25(15-33)7-2-8-25)12-34-13-20(11-31-34)24(36)29-10-19-9-21(26)4-5-22(19)35(28)16-30-27/h3-6,9,11,13,16H,2,7-8,10,12,14-15,27-28H2,1H3,(H,29,36)/b30-16-. The van der Waals surface area contributed by atoms with Crippen LogP contribution in [0.15, 0.2) is 47.8 Å². The second kappa shape index (κ2) is 9.79. The number of nitrogens with one attached hydrogen (secondary N) is 1. The number of hydrogen-bond acceptors (Lipinski definition) is 7. The molecular formula is C25H30ClN9O. The molecule has 0 radical (unpaired) electrons. The van der Waals surface area contributed by atoms with Crippen LogP contribution in [-0.4, -0.2) is 40.1 Å². The Morgan fingerprint density at radius 1 is 1.28 bits per heavy atom. The van der Waals surface area contributed by atoms with Crippen LogP contribution in [-0.2, 0) is 13.1 Å². The van der Waals surface area contributed by atoms with Gasteiger partial charge in [0, 0.05) is 42.0 Å². The first-order valence-corrected chi connectivity index (χ1v) is 12.3. The molecule has 1 amide bonds. The first-order chi connectivity index (χ1) is 17.4. The number of carbonyl (C=O) groups excluding carboxylic acids is 1. The van der Waals surface area contributed by atoms with Gasteiger partial charge in [-0.2, -0.15) is 10.2 Å². The van der Waals surface area contributed by atoms with Gasteiger partial charge in [0.1, 0.15) is 12.2 Å². The molecule has 2 aliphatic rings. The molecule has 3 aromatic rings. The maximum absolute atomic E-state index is 12.8. The Balaban J connectivity index is 1.20. The molecule has 1 saturated heterocycles. The summed E-state index contributed by atoms with van der Waals surface area (Å²) in [5.41, 5.74) is 4.41. The van der Waals surface area contributed by atoms with E-state index in [4.69, 9.17) is 28.3 Å². The van der Waals surface area contributed by atoms with Crippen molar-refractivity contribution in [1.29, 1.82) is 0 Å². The third kappa shape index (κ3) is 4.87. The maximum Gasteiger partial charge on any atom is 0.254 e. The van der Waals surface area contributed by atoms with Crippen molar-refractivity contribution in [3.63, 3.8) is 0 Å². The molecule has 1 aliphatic carbocycles. The molecule has 3 heterocycles. The van der Waals surface area contributed by atoms with Crippen LogP contribution in [0.2, 0.25) is 5.02 Å². The first kappa shape index (κ1) is 24.1. The molecular weight excluding hydrogens is 478 g/mol. The molecule has 1 aliphatic heterocycles. The van der Waals surface area contributed by atoms with Gasteiger partial charge >= 0.3 is 0 Å². The summed E-state index contributed by atoms with van der Waals surface area (Å²) >= 11 is 6.13. The van der Waals surface area contributed by atoms with E-state index in [1.807, 2.05) is 6.92 Å². The summed E-state index contributed by atoms with van der Waals surface area (Å²) in [6.45, 7) is 5.02. The van der Waals surface area contributed by atoms with E-state index < -0.39 is 0 Å². The predicted octanol–water partition coefficient (Wildman–Crippen LogP) is 2.79. The minimum atomic E-state index is -0.254. The van der Waals surface area contributed by atoms with Gasteiger partial charge in [0.2, 0.25) is 0 Å². The van der Waals surface area contributed by atoms with Crippen LogP contribution in [0.25, 0.3) is 0 Å². The second-order valence-corrected chi connectivity index (χ2v) is 10.1. The smallest absolute Gasteiger partial charge is 0.254 e. The molecule has 10 nitrogen and oxygen atoms in total. The highest BCUT2D eigenvalue weighted by atomic mass is 35.5. The van der Waals surface area contributed by atoms with E-state index >= 15 is 0 Å². The summed E-state index contributed by atoms with van der Waals surface area (Å²) in [7, 11) is 0. The maximum atomic E-state index is 12.8. The number of aromatic nitrogens is 3. The van der Waals surface area contributed by atoms with E-state index in [0.717, 1.165) is 35.7 Å². The number of pyridine rings is 1. The van der Waals surface area contributed by atoms with Crippen molar-refractivity contribution in [3.8, 4) is 0 Å². The Hall–Kier alpha value is -3.63. The molecule has 2 fully saturated rings. The number of hydrogen-bond donors (Lipinski definition) is 3. The van der Waals surface area contributed by atoms with Gasteiger partial charge in [-0.1, -0.05) is 24.1 Å². The highest BCUT2D eigenvalue weighted by Crippen LogP contribution is 2.49. The van der Waals surface area contributed by atoms with Gasteiger partial charge in [-0.15, -0.1) is 0 Å². The van der Waals surface area contributed by atoms with Crippen LogP contribution in [0.4, 0.5) is 11.5 Å². The number of rotatable bonds is 8. The number of anilines is 2. The van der Waals surface area contributed by atoms with Crippen LogP contribution in [0, 0.1) is 12.3 Å². The van der Waals surface area contributed by atoms with Crippen LogP contribution in [0.1, 0.15) is 46.4 Å². The summed E-state index contributed by atoms with van der Waals surface area (Å²) in [5.74, 6) is 11.9.